The van der Waals surface area contributed by atoms with E-state index in [1.165, 1.54) is 27.8 Å². The van der Waals surface area contributed by atoms with Crippen molar-refractivity contribution in [1.29, 1.82) is 0 Å². The van der Waals surface area contributed by atoms with Gasteiger partial charge in [-0.15, -0.1) is 12.3 Å². The summed E-state index contributed by atoms with van der Waals surface area (Å²) in [6.45, 7) is 8.80. The third-order valence-electron chi connectivity index (χ3n) is 3.27. The van der Waals surface area contributed by atoms with Crippen LogP contribution in [-0.2, 0) is 6.42 Å². The number of terminal acetylenes is 1. The fraction of sp³-hybridized carbons (Fsp3) is 0.467. The lowest BCUT2D eigenvalue weighted by molar-refractivity contribution is 0.842. The molecule has 15 heavy (non-hydrogen) atoms. The van der Waals surface area contributed by atoms with Gasteiger partial charge in [0.05, 0.1) is 0 Å². The second-order valence-corrected chi connectivity index (χ2v) is 4.30. The standard InChI is InChI=1S/C15H20/c1-6-7-8-9-15-13(4)11(2)10-12(3)14(15)5/h1,10H,7-9H2,2-5H3. The number of benzene rings is 1. The van der Waals surface area contributed by atoms with Gasteiger partial charge in [0.1, 0.15) is 0 Å². The van der Waals surface area contributed by atoms with Gasteiger partial charge in [0.25, 0.3) is 0 Å². The molecule has 80 valence electrons. The van der Waals surface area contributed by atoms with Gasteiger partial charge < -0.3 is 0 Å². The van der Waals surface area contributed by atoms with Gasteiger partial charge in [0, 0.05) is 6.42 Å². The summed E-state index contributed by atoms with van der Waals surface area (Å²) in [4.78, 5) is 0. The Morgan fingerprint density at radius 3 is 2.07 bits per heavy atom. The zero-order chi connectivity index (χ0) is 11.4. The van der Waals surface area contributed by atoms with Crippen LogP contribution in [0.25, 0.3) is 0 Å². The van der Waals surface area contributed by atoms with Crippen molar-refractivity contribution in [3.05, 3.63) is 33.9 Å². The topological polar surface area (TPSA) is 0 Å². The van der Waals surface area contributed by atoms with Crippen LogP contribution in [0.1, 0.15) is 40.7 Å². The second-order valence-electron chi connectivity index (χ2n) is 4.30. The molecule has 0 radical (unpaired) electrons. The predicted molar refractivity (Wildman–Crippen MR) is 67.2 cm³/mol. The van der Waals surface area contributed by atoms with Gasteiger partial charge in [-0.2, -0.15) is 0 Å². The second kappa shape index (κ2) is 5.03. The highest BCUT2D eigenvalue weighted by Gasteiger charge is 2.07. The van der Waals surface area contributed by atoms with Crippen LogP contribution in [0, 0.1) is 40.0 Å². The first-order chi connectivity index (χ1) is 7.07. The van der Waals surface area contributed by atoms with E-state index in [4.69, 9.17) is 6.42 Å². The largest absolute Gasteiger partial charge is 0.120 e. The number of hydrogen-bond donors (Lipinski definition) is 0. The Kier molecular flexibility index (Phi) is 3.97. The van der Waals surface area contributed by atoms with Crippen molar-refractivity contribution in [3.8, 4) is 12.3 Å². The number of unbranched alkanes of at least 4 members (excludes halogenated alkanes) is 1. The minimum Gasteiger partial charge on any atom is -0.120 e. The smallest absolute Gasteiger partial charge is 0.00892 e. The average molecular weight is 200 g/mol. The molecule has 0 saturated carbocycles. The zero-order valence-corrected chi connectivity index (χ0v) is 10.3. The first-order valence-electron chi connectivity index (χ1n) is 5.57. The maximum Gasteiger partial charge on any atom is 0.00892 e. The molecule has 0 aliphatic carbocycles. The molecule has 0 aliphatic rings. The molecule has 0 heterocycles. The summed E-state index contributed by atoms with van der Waals surface area (Å²) < 4.78 is 0. The maximum absolute atomic E-state index is 5.28. The van der Waals surface area contributed by atoms with E-state index >= 15 is 0 Å². The van der Waals surface area contributed by atoms with Crippen LogP contribution in [0.2, 0.25) is 0 Å². The van der Waals surface area contributed by atoms with Crippen LogP contribution in [-0.4, -0.2) is 0 Å². The van der Waals surface area contributed by atoms with Crippen molar-refractivity contribution in [2.24, 2.45) is 0 Å². The summed E-state index contributed by atoms with van der Waals surface area (Å²) in [5, 5.41) is 0. The molecule has 0 saturated heterocycles. The monoisotopic (exact) mass is 200 g/mol. The summed E-state index contributed by atoms with van der Waals surface area (Å²) in [5.74, 6) is 2.71. The van der Waals surface area contributed by atoms with Gasteiger partial charge in [-0.1, -0.05) is 6.07 Å². The maximum atomic E-state index is 5.28. The van der Waals surface area contributed by atoms with Crippen LogP contribution in [0.15, 0.2) is 6.07 Å². The molecular weight excluding hydrogens is 180 g/mol. The lowest BCUT2D eigenvalue weighted by atomic mass is 9.91. The minimum atomic E-state index is 0.881. The first kappa shape index (κ1) is 11.9. The average Bonchev–Trinajstić information content (AvgIpc) is 2.20. The van der Waals surface area contributed by atoms with Gasteiger partial charge in [0.2, 0.25) is 0 Å². The Morgan fingerprint density at radius 1 is 1.07 bits per heavy atom. The van der Waals surface area contributed by atoms with E-state index in [1.807, 2.05) is 0 Å². The van der Waals surface area contributed by atoms with Crippen LogP contribution < -0.4 is 0 Å². The van der Waals surface area contributed by atoms with Gasteiger partial charge >= 0.3 is 0 Å². The van der Waals surface area contributed by atoms with E-state index in [1.54, 1.807) is 0 Å². The molecule has 0 amide bonds. The Hall–Kier alpha value is -1.22. The molecule has 1 aromatic rings. The van der Waals surface area contributed by atoms with E-state index in [-0.39, 0.29) is 0 Å². The lowest BCUT2D eigenvalue weighted by Crippen LogP contribution is -1.99. The zero-order valence-electron chi connectivity index (χ0n) is 10.3. The van der Waals surface area contributed by atoms with E-state index < -0.39 is 0 Å². The van der Waals surface area contributed by atoms with Crippen molar-refractivity contribution in [3.63, 3.8) is 0 Å². The highest BCUT2D eigenvalue weighted by atomic mass is 14.1. The highest BCUT2D eigenvalue weighted by Crippen LogP contribution is 2.23. The van der Waals surface area contributed by atoms with Crippen LogP contribution in [0.3, 0.4) is 0 Å². The van der Waals surface area contributed by atoms with Crippen molar-refractivity contribution >= 4 is 0 Å². The molecule has 0 atom stereocenters. The fourth-order valence-corrected chi connectivity index (χ4v) is 2.04. The van der Waals surface area contributed by atoms with Gasteiger partial charge in [-0.25, -0.2) is 0 Å². The quantitative estimate of drug-likeness (QED) is 0.513. The molecule has 0 unspecified atom stereocenters. The summed E-state index contributed by atoms with van der Waals surface area (Å²) >= 11 is 0. The van der Waals surface area contributed by atoms with Crippen molar-refractivity contribution < 1.29 is 0 Å². The number of hydrogen-bond acceptors (Lipinski definition) is 0. The van der Waals surface area contributed by atoms with Crippen LogP contribution in [0.4, 0.5) is 0 Å². The molecule has 1 aromatic carbocycles. The molecule has 1 rings (SSSR count). The van der Waals surface area contributed by atoms with E-state index in [0.29, 0.717) is 0 Å². The fourth-order valence-electron chi connectivity index (χ4n) is 2.04. The summed E-state index contributed by atoms with van der Waals surface area (Å²) in [5.41, 5.74) is 7.18. The lowest BCUT2D eigenvalue weighted by Gasteiger charge is -2.14. The molecule has 0 bridgehead atoms. The van der Waals surface area contributed by atoms with E-state index in [0.717, 1.165) is 19.3 Å². The molecule has 0 fully saturated rings. The van der Waals surface area contributed by atoms with Gasteiger partial charge in [-0.05, 0) is 68.4 Å². The Bertz CT molecular complexity index is 365. The van der Waals surface area contributed by atoms with Gasteiger partial charge in [-0.3, -0.25) is 0 Å². The summed E-state index contributed by atoms with van der Waals surface area (Å²) in [6, 6.07) is 2.27. The molecule has 0 aromatic heterocycles. The molecular formula is C15H20. The van der Waals surface area contributed by atoms with E-state index in [2.05, 4.69) is 39.7 Å². The van der Waals surface area contributed by atoms with Crippen LogP contribution >= 0.6 is 0 Å². The number of aryl methyl sites for hydroxylation is 2. The summed E-state index contributed by atoms with van der Waals surface area (Å²) in [6.07, 6.45) is 8.37. The Balaban J connectivity index is 3.00. The molecule has 0 aliphatic heterocycles. The highest BCUT2D eigenvalue weighted by molar-refractivity contribution is 5.44. The third-order valence-corrected chi connectivity index (χ3v) is 3.27. The summed E-state index contributed by atoms with van der Waals surface area (Å²) in [7, 11) is 0. The molecule has 0 nitrogen and oxygen atoms in total. The molecule has 0 N–H and O–H groups in total. The van der Waals surface area contributed by atoms with Crippen LogP contribution in [0.5, 0.6) is 0 Å². The van der Waals surface area contributed by atoms with Gasteiger partial charge in [0.15, 0.2) is 0 Å². The van der Waals surface area contributed by atoms with Crippen molar-refractivity contribution in [1.82, 2.24) is 0 Å². The normalized spacial score (nSPS) is 10.1. The molecule has 0 spiro atoms. The predicted octanol–water partition coefficient (Wildman–Crippen LogP) is 3.88. The first-order valence-corrected chi connectivity index (χ1v) is 5.57. The van der Waals surface area contributed by atoms with E-state index in [9.17, 15) is 0 Å². The SMILES string of the molecule is C#CCCCc1c(C)c(C)cc(C)c1C. The Morgan fingerprint density at radius 2 is 1.60 bits per heavy atom. The molecule has 0 heteroatoms. The number of rotatable bonds is 3. The third kappa shape index (κ3) is 2.63. The van der Waals surface area contributed by atoms with Crippen molar-refractivity contribution in [2.45, 2.75) is 47.0 Å². The Labute approximate surface area is 93.7 Å². The minimum absolute atomic E-state index is 0.881. The van der Waals surface area contributed by atoms with Crippen molar-refractivity contribution in [2.75, 3.05) is 0 Å².